The number of carbonyl (C=O) groups is 1. The number of rotatable bonds is 5. The second-order valence-corrected chi connectivity index (χ2v) is 4.63. The Morgan fingerprint density at radius 3 is 2.44 bits per heavy atom. The molecule has 0 bridgehead atoms. The minimum atomic E-state index is -0.0627. The van der Waals surface area contributed by atoms with Crippen LogP contribution in [0, 0.1) is 0 Å². The van der Waals surface area contributed by atoms with E-state index in [1.165, 1.54) is 0 Å². The van der Waals surface area contributed by atoms with Crippen molar-refractivity contribution < 1.29 is 21.8 Å². The van der Waals surface area contributed by atoms with E-state index in [0.717, 1.165) is 18.5 Å². The van der Waals surface area contributed by atoms with E-state index in [0.29, 0.717) is 4.59 Å². The van der Waals surface area contributed by atoms with E-state index in [9.17, 15) is 4.79 Å². The Hall–Kier alpha value is -1.32. The SMILES string of the molecule is CCC[N+](C)(C)NC(=O)C=Cc1ccccc1.[Cl-]. The molecule has 0 saturated heterocycles. The summed E-state index contributed by atoms with van der Waals surface area (Å²) in [5.41, 5.74) is 3.97. The van der Waals surface area contributed by atoms with E-state index < -0.39 is 0 Å². The summed E-state index contributed by atoms with van der Waals surface area (Å²) < 4.78 is 0.508. The van der Waals surface area contributed by atoms with Gasteiger partial charge in [-0.1, -0.05) is 37.3 Å². The van der Waals surface area contributed by atoms with Crippen molar-refractivity contribution in [2.75, 3.05) is 20.6 Å². The highest BCUT2D eigenvalue weighted by Crippen LogP contribution is 2.01. The van der Waals surface area contributed by atoms with Gasteiger partial charge in [0, 0.05) is 6.08 Å². The Labute approximate surface area is 115 Å². The number of benzene rings is 1. The summed E-state index contributed by atoms with van der Waals surface area (Å²) in [4.78, 5) is 11.7. The van der Waals surface area contributed by atoms with Crippen LogP contribution in [0.4, 0.5) is 0 Å². The highest BCUT2D eigenvalue weighted by atomic mass is 35.5. The first kappa shape index (κ1) is 16.7. The molecule has 0 spiro atoms. The Morgan fingerprint density at radius 1 is 1.28 bits per heavy atom. The van der Waals surface area contributed by atoms with Crippen LogP contribution in [-0.2, 0) is 4.79 Å². The van der Waals surface area contributed by atoms with Crippen LogP contribution in [0.2, 0.25) is 0 Å². The molecule has 1 rings (SSSR count). The molecule has 1 N–H and O–H groups in total. The van der Waals surface area contributed by atoms with Crippen LogP contribution in [-0.4, -0.2) is 31.1 Å². The van der Waals surface area contributed by atoms with Crippen molar-refractivity contribution in [3.05, 3.63) is 42.0 Å². The van der Waals surface area contributed by atoms with Gasteiger partial charge in [-0.3, -0.25) is 4.79 Å². The smallest absolute Gasteiger partial charge is 0.288 e. The first-order valence-electron chi connectivity index (χ1n) is 5.92. The van der Waals surface area contributed by atoms with Crippen molar-refractivity contribution in [3.8, 4) is 0 Å². The maximum absolute atomic E-state index is 11.7. The van der Waals surface area contributed by atoms with Crippen LogP contribution in [0.25, 0.3) is 6.08 Å². The fraction of sp³-hybridized carbons (Fsp3) is 0.357. The highest BCUT2D eigenvalue weighted by Gasteiger charge is 2.15. The second-order valence-electron chi connectivity index (χ2n) is 4.63. The summed E-state index contributed by atoms with van der Waals surface area (Å²) in [7, 11) is 3.97. The molecular weight excluding hydrogens is 248 g/mol. The molecule has 18 heavy (non-hydrogen) atoms. The van der Waals surface area contributed by atoms with Gasteiger partial charge in [-0.05, 0) is 18.1 Å². The molecular formula is C14H21ClN2O. The summed E-state index contributed by atoms with van der Waals surface area (Å²) >= 11 is 0. The highest BCUT2D eigenvalue weighted by molar-refractivity contribution is 5.90. The topological polar surface area (TPSA) is 29.1 Å². The summed E-state index contributed by atoms with van der Waals surface area (Å²) in [6.45, 7) is 3.02. The van der Waals surface area contributed by atoms with E-state index in [4.69, 9.17) is 0 Å². The number of amides is 1. The lowest BCUT2D eigenvalue weighted by Gasteiger charge is -2.27. The largest absolute Gasteiger partial charge is 1.00 e. The minimum Gasteiger partial charge on any atom is -1.00 e. The molecule has 0 aliphatic carbocycles. The molecule has 100 valence electrons. The average molecular weight is 269 g/mol. The van der Waals surface area contributed by atoms with E-state index >= 15 is 0 Å². The normalized spacial score (nSPS) is 11.1. The molecule has 0 aromatic heterocycles. The van der Waals surface area contributed by atoms with E-state index in [1.807, 2.05) is 50.5 Å². The molecule has 0 aliphatic heterocycles. The lowest BCUT2D eigenvalue weighted by atomic mass is 10.2. The minimum absolute atomic E-state index is 0. The summed E-state index contributed by atoms with van der Waals surface area (Å²) in [6, 6.07) is 9.80. The van der Waals surface area contributed by atoms with Crippen LogP contribution in [0.15, 0.2) is 36.4 Å². The lowest BCUT2D eigenvalue weighted by Crippen LogP contribution is -3.00. The van der Waals surface area contributed by atoms with Crippen LogP contribution in [0.3, 0.4) is 0 Å². The van der Waals surface area contributed by atoms with Crippen LogP contribution < -0.4 is 17.8 Å². The predicted molar refractivity (Wildman–Crippen MR) is 70.9 cm³/mol. The third kappa shape index (κ3) is 6.42. The molecule has 0 atom stereocenters. The number of carbonyl (C=O) groups excluding carboxylic acids is 1. The van der Waals surface area contributed by atoms with Gasteiger partial charge in [0.2, 0.25) is 0 Å². The number of hydrogen-bond donors (Lipinski definition) is 1. The van der Waals surface area contributed by atoms with Gasteiger partial charge >= 0.3 is 0 Å². The standard InChI is InChI=1S/C14H20N2O.ClH/c1-4-12-16(2,3)15-14(17)11-10-13-8-6-5-7-9-13;/h5-11H,4,12H2,1-3H3;1H. The first-order chi connectivity index (χ1) is 8.03. The molecule has 0 saturated carbocycles. The summed E-state index contributed by atoms with van der Waals surface area (Å²) in [5, 5.41) is 0. The second kappa shape index (κ2) is 7.90. The van der Waals surface area contributed by atoms with Gasteiger partial charge in [-0.25, -0.2) is 4.59 Å². The van der Waals surface area contributed by atoms with Gasteiger partial charge in [0.15, 0.2) is 0 Å². The zero-order valence-corrected chi connectivity index (χ0v) is 11.9. The number of quaternary nitrogens is 1. The van der Waals surface area contributed by atoms with Crippen LogP contribution >= 0.6 is 0 Å². The molecule has 0 unspecified atom stereocenters. The third-order valence-electron chi connectivity index (χ3n) is 2.42. The molecule has 4 heteroatoms. The summed E-state index contributed by atoms with van der Waals surface area (Å²) in [6.07, 6.45) is 4.43. The number of hydrogen-bond acceptors (Lipinski definition) is 1. The average Bonchev–Trinajstić information content (AvgIpc) is 2.27. The zero-order valence-electron chi connectivity index (χ0n) is 11.2. The third-order valence-corrected chi connectivity index (χ3v) is 2.42. The molecule has 0 heterocycles. The van der Waals surface area contributed by atoms with Gasteiger partial charge in [0.05, 0.1) is 14.1 Å². The first-order valence-corrected chi connectivity index (χ1v) is 5.92. The molecule has 1 aromatic rings. The Balaban J connectivity index is 0.00000289. The van der Waals surface area contributed by atoms with E-state index in [1.54, 1.807) is 6.08 Å². The molecule has 0 fully saturated rings. The Morgan fingerprint density at radius 2 is 1.89 bits per heavy atom. The Bertz CT molecular complexity index is 388. The quantitative estimate of drug-likeness (QED) is 0.424. The van der Waals surface area contributed by atoms with E-state index in [2.05, 4.69) is 12.3 Å². The maximum Gasteiger partial charge on any atom is 0.288 e. The van der Waals surface area contributed by atoms with Gasteiger partial charge < -0.3 is 12.4 Å². The van der Waals surface area contributed by atoms with Gasteiger partial charge in [-0.15, -0.1) is 0 Å². The predicted octanol–water partition coefficient (Wildman–Crippen LogP) is -0.779. The lowest BCUT2D eigenvalue weighted by molar-refractivity contribution is -0.924. The van der Waals surface area contributed by atoms with Gasteiger partial charge in [0.25, 0.3) is 5.91 Å². The molecule has 1 aromatic carbocycles. The van der Waals surface area contributed by atoms with Gasteiger partial charge in [-0.2, -0.15) is 5.43 Å². The maximum atomic E-state index is 11.7. The van der Waals surface area contributed by atoms with Crippen molar-refractivity contribution in [3.63, 3.8) is 0 Å². The number of halogens is 1. The monoisotopic (exact) mass is 268 g/mol. The molecule has 0 radical (unpaired) electrons. The number of nitrogens with zero attached hydrogens (tertiary/aromatic N) is 1. The fourth-order valence-corrected chi connectivity index (χ4v) is 1.69. The van der Waals surface area contributed by atoms with Crippen molar-refractivity contribution in [1.29, 1.82) is 0 Å². The van der Waals surface area contributed by atoms with Gasteiger partial charge in [0.1, 0.15) is 6.54 Å². The fourth-order valence-electron chi connectivity index (χ4n) is 1.69. The van der Waals surface area contributed by atoms with Crippen molar-refractivity contribution in [2.45, 2.75) is 13.3 Å². The number of nitrogens with one attached hydrogen (secondary N) is 1. The van der Waals surface area contributed by atoms with E-state index in [-0.39, 0.29) is 18.3 Å². The zero-order chi connectivity index (χ0) is 12.7. The van der Waals surface area contributed by atoms with Crippen LogP contribution in [0.1, 0.15) is 18.9 Å². The molecule has 1 amide bonds. The van der Waals surface area contributed by atoms with Crippen LogP contribution in [0.5, 0.6) is 0 Å². The van der Waals surface area contributed by atoms with Crippen molar-refractivity contribution >= 4 is 12.0 Å². The molecule has 3 nitrogen and oxygen atoms in total. The van der Waals surface area contributed by atoms with Crippen molar-refractivity contribution in [2.24, 2.45) is 0 Å². The molecule has 0 aliphatic rings. The summed E-state index contributed by atoms with van der Waals surface area (Å²) in [5.74, 6) is -0.0627. The van der Waals surface area contributed by atoms with Crippen molar-refractivity contribution in [1.82, 2.24) is 5.43 Å². The Kier molecular flexibility index (Phi) is 7.32.